The van der Waals surface area contributed by atoms with Crippen LogP contribution < -0.4 is 0 Å². The quantitative estimate of drug-likeness (QED) is 0.721. The third kappa shape index (κ3) is 3.61. The summed E-state index contributed by atoms with van der Waals surface area (Å²) in [5.41, 5.74) is 1.87. The average Bonchev–Trinajstić information content (AvgIpc) is 3.24. The molecule has 0 aromatic carbocycles. The van der Waals surface area contributed by atoms with Crippen molar-refractivity contribution in [2.75, 3.05) is 13.1 Å². The van der Waals surface area contributed by atoms with Crippen LogP contribution in [0.4, 0.5) is 0 Å². The minimum atomic E-state index is 0.140. The molecule has 1 fully saturated rings. The molecule has 132 valence electrons. The molecular weight excluding hydrogens is 328 g/mol. The Morgan fingerprint density at radius 2 is 2.12 bits per heavy atom. The number of carbonyl (C=O) groups is 1. The van der Waals surface area contributed by atoms with Gasteiger partial charge in [0.1, 0.15) is 6.33 Å². The Hall–Kier alpha value is -3.09. The van der Waals surface area contributed by atoms with Gasteiger partial charge in [0.15, 0.2) is 5.82 Å². The van der Waals surface area contributed by atoms with Gasteiger partial charge < -0.3 is 4.90 Å². The van der Waals surface area contributed by atoms with E-state index >= 15 is 0 Å². The highest BCUT2D eigenvalue weighted by molar-refractivity contribution is 5.78. The molecule has 1 unspecified atom stereocenters. The molecule has 1 amide bonds. The van der Waals surface area contributed by atoms with Crippen molar-refractivity contribution in [2.24, 2.45) is 0 Å². The number of likely N-dealkylation sites (tertiary alicyclic amines) is 1. The Morgan fingerprint density at radius 1 is 1.15 bits per heavy atom. The minimum absolute atomic E-state index is 0.140. The highest BCUT2D eigenvalue weighted by atomic mass is 16.2. The van der Waals surface area contributed by atoms with Gasteiger partial charge in [-0.2, -0.15) is 0 Å². The fourth-order valence-corrected chi connectivity index (χ4v) is 3.32. The van der Waals surface area contributed by atoms with E-state index in [0.29, 0.717) is 13.0 Å². The molecule has 0 spiro atoms. The number of pyridine rings is 1. The number of rotatable bonds is 4. The molecule has 26 heavy (non-hydrogen) atoms. The highest BCUT2D eigenvalue weighted by Crippen LogP contribution is 2.26. The van der Waals surface area contributed by atoms with Gasteiger partial charge in [0.2, 0.25) is 5.91 Å². The second-order valence-corrected chi connectivity index (χ2v) is 6.49. The molecule has 7 heteroatoms. The van der Waals surface area contributed by atoms with Crippen molar-refractivity contribution in [2.45, 2.75) is 25.2 Å². The fourth-order valence-electron chi connectivity index (χ4n) is 3.32. The van der Waals surface area contributed by atoms with Crippen molar-refractivity contribution in [3.8, 4) is 5.82 Å². The molecule has 0 radical (unpaired) electrons. The molecule has 3 aromatic heterocycles. The molecule has 4 rings (SSSR count). The predicted octanol–water partition coefficient (Wildman–Crippen LogP) is 2.01. The summed E-state index contributed by atoms with van der Waals surface area (Å²) in [5, 5.41) is 0. The third-order valence-electron chi connectivity index (χ3n) is 4.68. The Morgan fingerprint density at radius 3 is 2.92 bits per heavy atom. The second-order valence-electron chi connectivity index (χ2n) is 6.49. The van der Waals surface area contributed by atoms with E-state index in [1.54, 1.807) is 37.3 Å². The molecule has 0 saturated carbocycles. The summed E-state index contributed by atoms with van der Waals surface area (Å²) in [4.78, 5) is 31.8. The van der Waals surface area contributed by atoms with E-state index in [1.165, 1.54) is 0 Å². The SMILES string of the molecule is O=C(Cc1cccnc1)N1CCCC(c2cncc(-n3ccnc3)n2)C1. The highest BCUT2D eigenvalue weighted by Gasteiger charge is 2.26. The fraction of sp³-hybridized carbons (Fsp3) is 0.316. The van der Waals surface area contributed by atoms with Crippen LogP contribution in [0.3, 0.4) is 0 Å². The maximum absolute atomic E-state index is 12.6. The number of piperidine rings is 1. The van der Waals surface area contributed by atoms with E-state index in [9.17, 15) is 4.79 Å². The molecule has 1 aliphatic rings. The normalized spacial score (nSPS) is 17.2. The first-order chi connectivity index (χ1) is 12.8. The third-order valence-corrected chi connectivity index (χ3v) is 4.68. The molecule has 1 saturated heterocycles. The van der Waals surface area contributed by atoms with Gasteiger partial charge in [0.05, 0.1) is 18.3 Å². The summed E-state index contributed by atoms with van der Waals surface area (Å²) >= 11 is 0. The van der Waals surface area contributed by atoms with Crippen molar-refractivity contribution < 1.29 is 4.79 Å². The van der Waals surface area contributed by atoms with Gasteiger partial charge in [-0.1, -0.05) is 6.07 Å². The smallest absolute Gasteiger partial charge is 0.227 e. The van der Waals surface area contributed by atoms with E-state index in [0.717, 1.165) is 36.5 Å². The van der Waals surface area contributed by atoms with Gasteiger partial charge in [-0.3, -0.25) is 19.3 Å². The van der Waals surface area contributed by atoms with Crippen molar-refractivity contribution in [3.05, 3.63) is 66.9 Å². The van der Waals surface area contributed by atoms with E-state index in [-0.39, 0.29) is 11.8 Å². The first-order valence-electron chi connectivity index (χ1n) is 8.76. The van der Waals surface area contributed by atoms with Crippen LogP contribution in [0.1, 0.15) is 30.0 Å². The van der Waals surface area contributed by atoms with Gasteiger partial charge in [0, 0.05) is 50.0 Å². The molecular formula is C19H20N6O. The molecule has 3 aromatic rings. The zero-order valence-electron chi connectivity index (χ0n) is 14.4. The van der Waals surface area contributed by atoms with Gasteiger partial charge in [0.25, 0.3) is 0 Å². The Labute approximate surface area is 151 Å². The van der Waals surface area contributed by atoms with Crippen LogP contribution in [-0.2, 0) is 11.2 Å². The first kappa shape index (κ1) is 16.4. The molecule has 0 bridgehead atoms. The number of nitrogens with zero attached hydrogens (tertiary/aromatic N) is 6. The second kappa shape index (κ2) is 7.43. The van der Waals surface area contributed by atoms with Crippen LogP contribution in [0.25, 0.3) is 5.82 Å². The van der Waals surface area contributed by atoms with E-state index in [2.05, 4.69) is 15.0 Å². The summed E-state index contributed by atoms with van der Waals surface area (Å²) in [5.74, 6) is 1.10. The van der Waals surface area contributed by atoms with Gasteiger partial charge in [-0.15, -0.1) is 0 Å². The molecule has 1 aliphatic heterocycles. The number of amides is 1. The lowest BCUT2D eigenvalue weighted by Gasteiger charge is -2.32. The molecule has 1 atom stereocenters. The van der Waals surface area contributed by atoms with Gasteiger partial charge in [-0.25, -0.2) is 9.97 Å². The van der Waals surface area contributed by atoms with Gasteiger partial charge >= 0.3 is 0 Å². The van der Waals surface area contributed by atoms with E-state index in [4.69, 9.17) is 4.98 Å². The maximum atomic E-state index is 12.6. The first-order valence-corrected chi connectivity index (χ1v) is 8.76. The zero-order chi connectivity index (χ0) is 17.8. The summed E-state index contributed by atoms with van der Waals surface area (Å²) in [7, 11) is 0. The molecule has 4 heterocycles. The van der Waals surface area contributed by atoms with Crippen molar-refractivity contribution in [1.29, 1.82) is 0 Å². The average molecular weight is 348 g/mol. The van der Waals surface area contributed by atoms with E-state index in [1.807, 2.05) is 27.8 Å². The van der Waals surface area contributed by atoms with Crippen molar-refractivity contribution in [1.82, 2.24) is 29.4 Å². The molecule has 0 N–H and O–H groups in total. The van der Waals surface area contributed by atoms with Crippen LogP contribution in [0.15, 0.2) is 55.6 Å². The maximum Gasteiger partial charge on any atom is 0.227 e. The lowest BCUT2D eigenvalue weighted by atomic mass is 9.94. The zero-order valence-corrected chi connectivity index (χ0v) is 14.4. The number of aromatic nitrogens is 5. The topological polar surface area (TPSA) is 76.8 Å². The number of imidazole rings is 1. The standard InChI is InChI=1S/C19H20N6O/c26-19(9-15-3-1-5-20-10-15)24-7-2-4-16(13-24)17-11-22-12-18(23-17)25-8-6-21-14-25/h1,3,5-6,8,10-12,14,16H,2,4,7,9,13H2. The van der Waals surface area contributed by atoms with Crippen molar-refractivity contribution >= 4 is 5.91 Å². The Balaban J connectivity index is 1.47. The predicted molar refractivity (Wildman–Crippen MR) is 95.7 cm³/mol. The van der Waals surface area contributed by atoms with Crippen LogP contribution in [-0.4, -0.2) is 48.4 Å². The summed E-state index contributed by atoms with van der Waals surface area (Å²) < 4.78 is 1.84. The van der Waals surface area contributed by atoms with Crippen LogP contribution in [0.5, 0.6) is 0 Å². The monoisotopic (exact) mass is 348 g/mol. The lowest BCUT2D eigenvalue weighted by molar-refractivity contribution is -0.131. The summed E-state index contributed by atoms with van der Waals surface area (Å²) in [6.45, 7) is 1.48. The summed E-state index contributed by atoms with van der Waals surface area (Å²) in [6.07, 6.45) is 14.6. The number of hydrogen-bond acceptors (Lipinski definition) is 5. The van der Waals surface area contributed by atoms with Crippen LogP contribution >= 0.6 is 0 Å². The largest absolute Gasteiger partial charge is 0.342 e. The number of carbonyl (C=O) groups excluding carboxylic acids is 1. The summed E-state index contributed by atoms with van der Waals surface area (Å²) in [6, 6.07) is 3.80. The molecule has 7 nitrogen and oxygen atoms in total. The number of hydrogen-bond donors (Lipinski definition) is 0. The minimum Gasteiger partial charge on any atom is -0.342 e. The van der Waals surface area contributed by atoms with Crippen LogP contribution in [0, 0.1) is 0 Å². The van der Waals surface area contributed by atoms with Gasteiger partial charge in [-0.05, 0) is 24.5 Å². The van der Waals surface area contributed by atoms with Crippen molar-refractivity contribution in [3.63, 3.8) is 0 Å². The Bertz CT molecular complexity index is 865. The van der Waals surface area contributed by atoms with Crippen LogP contribution in [0.2, 0.25) is 0 Å². The van der Waals surface area contributed by atoms with E-state index < -0.39 is 0 Å². The lowest BCUT2D eigenvalue weighted by Crippen LogP contribution is -2.40. The Kier molecular flexibility index (Phi) is 4.68. The molecule has 0 aliphatic carbocycles.